The Hall–Kier alpha value is -2.40. The van der Waals surface area contributed by atoms with Crippen molar-refractivity contribution in [2.45, 2.75) is 0 Å². The highest BCUT2D eigenvalue weighted by Gasteiger charge is 2.14. The third-order valence-electron chi connectivity index (χ3n) is 3.49. The summed E-state index contributed by atoms with van der Waals surface area (Å²) in [4.78, 5) is 14.1. The first-order valence-electron chi connectivity index (χ1n) is 7.41. The number of nitrogens with zero attached hydrogens (tertiary/aromatic N) is 1. The smallest absolute Gasteiger partial charge is 0.253 e. The number of benzene rings is 2. The van der Waals surface area contributed by atoms with E-state index >= 15 is 0 Å². The Bertz CT molecular complexity index is 688. The highest BCUT2D eigenvalue weighted by Crippen LogP contribution is 2.27. The van der Waals surface area contributed by atoms with Gasteiger partial charge in [0.1, 0.15) is 12.4 Å². The van der Waals surface area contributed by atoms with E-state index in [-0.39, 0.29) is 5.91 Å². The van der Waals surface area contributed by atoms with Crippen LogP contribution in [0, 0.1) is 0 Å². The monoisotopic (exact) mass is 349 g/mol. The Labute approximate surface area is 146 Å². The molecule has 1 amide bonds. The lowest BCUT2D eigenvalue weighted by atomic mass is 10.2. The topological polar surface area (TPSA) is 48.0 Å². The molecule has 2 aromatic rings. The Morgan fingerprint density at radius 2 is 1.71 bits per heavy atom. The SMILES string of the molecule is COc1ccc(C(=O)N(C)CCOc2ccc(Cl)cc2)cc1OC. The molecule has 5 nitrogen and oxygen atoms in total. The average molecular weight is 350 g/mol. The van der Waals surface area contributed by atoms with Gasteiger partial charge in [0.25, 0.3) is 5.91 Å². The van der Waals surface area contributed by atoms with Gasteiger partial charge in [-0.2, -0.15) is 0 Å². The predicted octanol–water partition coefficient (Wildman–Crippen LogP) is 3.51. The second kappa shape index (κ2) is 8.45. The zero-order valence-electron chi connectivity index (χ0n) is 13.9. The summed E-state index contributed by atoms with van der Waals surface area (Å²) in [7, 11) is 4.82. The van der Waals surface area contributed by atoms with Crippen molar-refractivity contribution in [2.75, 3.05) is 34.4 Å². The molecule has 0 saturated heterocycles. The molecule has 0 radical (unpaired) electrons. The molecule has 0 fully saturated rings. The molecule has 6 heteroatoms. The minimum absolute atomic E-state index is 0.115. The highest BCUT2D eigenvalue weighted by atomic mass is 35.5. The number of amides is 1. The van der Waals surface area contributed by atoms with Crippen LogP contribution < -0.4 is 14.2 Å². The van der Waals surface area contributed by atoms with Gasteiger partial charge in [0.15, 0.2) is 11.5 Å². The molecule has 0 aliphatic heterocycles. The average Bonchev–Trinajstić information content (AvgIpc) is 2.62. The predicted molar refractivity (Wildman–Crippen MR) is 93.5 cm³/mol. The first kappa shape index (κ1) is 17.9. The molecule has 0 spiro atoms. The number of methoxy groups -OCH3 is 2. The van der Waals surface area contributed by atoms with Gasteiger partial charge in [-0.05, 0) is 42.5 Å². The highest BCUT2D eigenvalue weighted by molar-refractivity contribution is 6.30. The fourth-order valence-electron chi connectivity index (χ4n) is 2.12. The number of halogens is 1. The zero-order valence-corrected chi connectivity index (χ0v) is 14.7. The summed E-state index contributed by atoms with van der Waals surface area (Å²) >= 11 is 5.82. The van der Waals surface area contributed by atoms with Crippen LogP contribution in [-0.4, -0.2) is 45.2 Å². The number of hydrogen-bond donors (Lipinski definition) is 0. The number of rotatable bonds is 7. The van der Waals surface area contributed by atoms with Gasteiger partial charge < -0.3 is 19.1 Å². The van der Waals surface area contributed by atoms with E-state index in [0.29, 0.717) is 41.0 Å². The molecule has 0 N–H and O–H groups in total. The molecule has 24 heavy (non-hydrogen) atoms. The van der Waals surface area contributed by atoms with Crippen LogP contribution >= 0.6 is 11.6 Å². The molecule has 2 rings (SSSR count). The number of ether oxygens (including phenoxy) is 3. The molecular weight excluding hydrogens is 330 g/mol. The van der Waals surface area contributed by atoms with Crippen molar-refractivity contribution in [3.05, 3.63) is 53.1 Å². The van der Waals surface area contributed by atoms with Gasteiger partial charge >= 0.3 is 0 Å². The number of carbonyl (C=O) groups is 1. The van der Waals surface area contributed by atoms with Crippen LogP contribution in [0.4, 0.5) is 0 Å². The fraction of sp³-hybridized carbons (Fsp3) is 0.278. The lowest BCUT2D eigenvalue weighted by molar-refractivity contribution is 0.0773. The van der Waals surface area contributed by atoms with Crippen molar-refractivity contribution in [2.24, 2.45) is 0 Å². The van der Waals surface area contributed by atoms with Crippen LogP contribution in [0.1, 0.15) is 10.4 Å². The van der Waals surface area contributed by atoms with Crippen molar-refractivity contribution in [3.8, 4) is 17.2 Å². The van der Waals surface area contributed by atoms with Gasteiger partial charge in [-0.15, -0.1) is 0 Å². The quantitative estimate of drug-likeness (QED) is 0.767. The summed E-state index contributed by atoms with van der Waals surface area (Å²) in [6.45, 7) is 0.840. The van der Waals surface area contributed by atoms with E-state index in [4.69, 9.17) is 25.8 Å². The first-order chi connectivity index (χ1) is 11.5. The van der Waals surface area contributed by atoms with Crippen molar-refractivity contribution >= 4 is 17.5 Å². The summed E-state index contributed by atoms with van der Waals surface area (Å²) < 4.78 is 16.0. The van der Waals surface area contributed by atoms with Gasteiger partial charge in [0, 0.05) is 17.6 Å². The summed E-state index contributed by atoms with van der Waals surface area (Å²) in [5, 5.41) is 0.656. The van der Waals surface area contributed by atoms with E-state index in [0.717, 1.165) is 0 Å². The van der Waals surface area contributed by atoms with Crippen LogP contribution in [0.15, 0.2) is 42.5 Å². The maximum atomic E-state index is 12.5. The maximum absolute atomic E-state index is 12.5. The van der Waals surface area contributed by atoms with E-state index in [2.05, 4.69) is 0 Å². The molecule has 128 valence electrons. The van der Waals surface area contributed by atoms with Crippen LogP contribution in [0.3, 0.4) is 0 Å². The van der Waals surface area contributed by atoms with Gasteiger partial charge in [-0.25, -0.2) is 0 Å². The number of carbonyl (C=O) groups excluding carboxylic acids is 1. The lowest BCUT2D eigenvalue weighted by Gasteiger charge is -2.18. The molecule has 2 aromatic carbocycles. The molecule has 0 saturated carbocycles. The Morgan fingerprint density at radius 1 is 1.04 bits per heavy atom. The van der Waals surface area contributed by atoms with Crippen LogP contribution in [0.25, 0.3) is 0 Å². The Balaban J connectivity index is 1.93. The minimum Gasteiger partial charge on any atom is -0.493 e. The Morgan fingerprint density at radius 3 is 2.33 bits per heavy atom. The van der Waals surface area contributed by atoms with E-state index in [9.17, 15) is 4.79 Å². The molecule has 0 heterocycles. The second-order valence-electron chi connectivity index (χ2n) is 5.10. The molecular formula is C18H20ClNO4. The van der Waals surface area contributed by atoms with Crippen molar-refractivity contribution in [1.82, 2.24) is 4.90 Å². The number of hydrogen-bond acceptors (Lipinski definition) is 4. The summed E-state index contributed by atoms with van der Waals surface area (Å²) in [6, 6.07) is 12.2. The normalized spacial score (nSPS) is 10.2. The van der Waals surface area contributed by atoms with Gasteiger partial charge in [-0.3, -0.25) is 4.79 Å². The molecule has 0 bridgehead atoms. The van der Waals surface area contributed by atoms with E-state index < -0.39 is 0 Å². The van der Waals surface area contributed by atoms with Crippen molar-refractivity contribution in [1.29, 1.82) is 0 Å². The standard InChI is InChI=1S/C18H20ClNO4/c1-20(10-11-24-15-7-5-14(19)6-8-15)18(21)13-4-9-16(22-2)17(12-13)23-3/h4-9,12H,10-11H2,1-3H3. The largest absolute Gasteiger partial charge is 0.493 e. The van der Waals surface area contributed by atoms with Gasteiger partial charge in [0.05, 0.1) is 20.8 Å². The van der Waals surface area contributed by atoms with Crippen LogP contribution in [-0.2, 0) is 0 Å². The van der Waals surface area contributed by atoms with Gasteiger partial charge in [0.2, 0.25) is 0 Å². The van der Waals surface area contributed by atoms with Crippen LogP contribution in [0.5, 0.6) is 17.2 Å². The van der Waals surface area contributed by atoms with E-state index in [1.54, 1.807) is 61.5 Å². The third kappa shape index (κ3) is 4.55. The molecule has 0 aliphatic rings. The van der Waals surface area contributed by atoms with Crippen molar-refractivity contribution < 1.29 is 19.0 Å². The van der Waals surface area contributed by atoms with Crippen LogP contribution in [0.2, 0.25) is 5.02 Å². The number of likely N-dealkylation sites (N-methyl/N-ethyl adjacent to an activating group) is 1. The van der Waals surface area contributed by atoms with E-state index in [1.165, 1.54) is 7.11 Å². The van der Waals surface area contributed by atoms with E-state index in [1.807, 2.05) is 0 Å². The summed E-state index contributed by atoms with van der Waals surface area (Å²) in [5.74, 6) is 1.71. The lowest BCUT2D eigenvalue weighted by Crippen LogP contribution is -2.30. The summed E-state index contributed by atoms with van der Waals surface area (Å²) in [5.41, 5.74) is 0.529. The minimum atomic E-state index is -0.115. The fourth-order valence-corrected chi connectivity index (χ4v) is 2.25. The maximum Gasteiger partial charge on any atom is 0.253 e. The van der Waals surface area contributed by atoms with Crippen molar-refractivity contribution in [3.63, 3.8) is 0 Å². The summed E-state index contributed by atoms with van der Waals surface area (Å²) in [6.07, 6.45) is 0. The molecule has 0 atom stereocenters. The molecule has 0 aromatic heterocycles. The zero-order chi connectivity index (χ0) is 17.5. The Kier molecular flexibility index (Phi) is 6.32. The van der Waals surface area contributed by atoms with Gasteiger partial charge in [-0.1, -0.05) is 11.6 Å². The second-order valence-corrected chi connectivity index (χ2v) is 5.54. The molecule has 0 aliphatic carbocycles. The molecule has 0 unspecified atom stereocenters. The first-order valence-corrected chi connectivity index (χ1v) is 7.79. The third-order valence-corrected chi connectivity index (χ3v) is 3.74.